The summed E-state index contributed by atoms with van der Waals surface area (Å²) >= 11 is 0. The van der Waals surface area contributed by atoms with Gasteiger partial charge in [0.25, 0.3) is 0 Å². The molecule has 0 saturated carbocycles. The van der Waals surface area contributed by atoms with Crippen LogP contribution in [0.5, 0.6) is 0 Å². The second-order valence-electron chi connectivity index (χ2n) is 6.51. The predicted octanol–water partition coefficient (Wildman–Crippen LogP) is 1.42. The standard InChI is InChI=1S/C18H24N2O3/c21-16-15(7-4-10-19-16)20-17(22)18(8-11-23-12-9-18)13-14-5-2-1-3-6-14/h1-3,5-6,15H,4,7-13H2,(H,19,21)(H,20,22)/t15-/m1/s1. The van der Waals surface area contributed by atoms with Gasteiger partial charge in [0.15, 0.2) is 0 Å². The Morgan fingerprint density at radius 3 is 2.70 bits per heavy atom. The van der Waals surface area contributed by atoms with Crippen molar-refractivity contribution in [2.45, 2.75) is 38.1 Å². The van der Waals surface area contributed by atoms with Gasteiger partial charge in [-0.1, -0.05) is 30.3 Å². The minimum atomic E-state index is -0.475. The van der Waals surface area contributed by atoms with Crippen molar-refractivity contribution in [3.8, 4) is 0 Å². The lowest BCUT2D eigenvalue weighted by molar-refractivity contribution is -0.140. The first-order valence-electron chi connectivity index (χ1n) is 8.40. The Labute approximate surface area is 136 Å². The molecule has 0 spiro atoms. The van der Waals surface area contributed by atoms with Crippen molar-refractivity contribution in [2.75, 3.05) is 19.8 Å². The van der Waals surface area contributed by atoms with E-state index in [1.54, 1.807) is 0 Å². The lowest BCUT2D eigenvalue weighted by Gasteiger charge is -2.37. The third-order valence-electron chi connectivity index (χ3n) is 4.91. The Kier molecular flexibility index (Phi) is 4.96. The Morgan fingerprint density at radius 2 is 2.00 bits per heavy atom. The first-order valence-corrected chi connectivity index (χ1v) is 8.40. The predicted molar refractivity (Wildman–Crippen MR) is 86.8 cm³/mol. The molecule has 1 aromatic carbocycles. The van der Waals surface area contributed by atoms with Gasteiger partial charge in [0.2, 0.25) is 11.8 Å². The fourth-order valence-electron chi connectivity index (χ4n) is 3.45. The molecule has 0 aromatic heterocycles. The molecule has 0 radical (unpaired) electrons. The molecule has 2 amide bonds. The Hall–Kier alpha value is -1.88. The maximum Gasteiger partial charge on any atom is 0.242 e. The van der Waals surface area contributed by atoms with E-state index in [9.17, 15) is 9.59 Å². The minimum Gasteiger partial charge on any atom is -0.381 e. The highest BCUT2D eigenvalue weighted by Gasteiger charge is 2.41. The average molecular weight is 316 g/mol. The van der Waals surface area contributed by atoms with Gasteiger partial charge < -0.3 is 15.4 Å². The molecule has 2 aliphatic rings. The second kappa shape index (κ2) is 7.13. The quantitative estimate of drug-likeness (QED) is 0.883. The topological polar surface area (TPSA) is 67.4 Å². The number of carbonyl (C=O) groups excluding carboxylic acids is 2. The molecule has 5 nitrogen and oxygen atoms in total. The van der Waals surface area contributed by atoms with Crippen molar-refractivity contribution in [1.82, 2.24) is 10.6 Å². The van der Waals surface area contributed by atoms with Gasteiger partial charge in [-0.2, -0.15) is 0 Å². The molecule has 1 atom stereocenters. The summed E-state index contributed by atoms with van der Waals surface area (Å²) in [4.78, 5) is 24.9. The van der Waals surface area contributed by atoms with Crippen LogP contribution in [-0.2, 0) is 20.7 Å². The molecule has 2 aliphatic heterocycles. The smallest absolute Gasteiger partial charge is 0.242 e. The van der Waals surface area contributed by atoms with Crippen LogP contribution in [0.1, 0.15) is 31.2 Å². The van der Waals surface area contributed by atoms with Gasteiger partial charge in [-0.25, -0.2) is 0 Å². The van der Waals surface area contributed by atoms with Gasteiger partial charge in [-0.3, -0.25) is 9.59 Å². The maximum absolute atomic E-state index is 13.0. The van der Waals surface area contributed by atoms with E-state index >= 15 is 0 Å². The number of hydrogen-bond acceptors (Lipinski definition) is 3. The number of nitrogens with one attached hydrogen (secondary N) is 2. The molecule has 0 unspecified atom stereocenters. The molecular weight excluding hydrogens is 292 g/mol. The molecular formula is C18H24N2O3. The van der Waals surface area contributed by atoms with E-state index in [1.165, 1.54) is 0 Å². The van der Waals surface area contributed by atoms with Crippen molar-refractivity contribution >= 4 is 11.8 Å². The van der Waals surface area contributed by atoms with Crippen LogP contribution in [0.3, 0.4) is 0 Å². The molecule has 2 saturated heterocycles. The van der Waals surface area contributed by atoms with Crippen LogP contribution in [0.4, 0.5) is 0 Å². The average Bonchev–Trinajstić information content (AvgIpc) is 2.58. The summed E-state index contributed by atoms with van der Waals surface area (Å²) in [5.41, 5.74) is 0.676. The molecule has 2 N–H and O–H groups in total. The first-order chi connectivity index (χ1) is 11.2. The number of carbonyl (C=O) groups is 2. The summed E-state index contributed by atoms with van der Waals surface area (Å²) in [6, 6.07) is 9.68. The van der Waals surface area contributed by atoms with E-state index in [2.05, 4.69) is 22.8 Å². The largest absolute Gasteiger partial charge is 0.381 e. The normalized spacial score (nSPS) is 23.8. The SMILES string of the molecule is O=C1NCCC[C@H]1NC(=O)C1(Cc2ccccc2)CCOCC1. The number of rotatable bonds is 4. The highest BCUT2D eigenvalue weighted by molar-refractivity contribution is 5.90. The molecule has 124 valence electrons. The van der Waals surface area contributed by atoms with Crippen LogP contribution < -0.4 is 10.6 Å². The van der Waals surface area contributed by atoms with Crippen LogP contribution in [0.15, 0.2) is 30.3 Å². The van der Waals surface area contributed by atoms with E-state index in [1.807, 2.05) is 18.2 Å². The van der Waals surface area contributed by atoms with E-state index in [4.69, 9.17) is 4.74 Å². The molecule has 5 heteroatoms. The summed E-state index contributed by atoms with van der Waals surface area (Å²) in [5, 5.41) is 5.82. The molecule has 0 bridgehead atoms. The lowest BCUT2D eigenvalue weighted by Crippen LogP contribution is -2.55. The number of hydrogen-bond donors (Lipinski definition) is 2. The second-order valence-corrected chi connectivity index (χ2v) is 6.51. The van der Waals surface area contributed by atoms with Gasteiger partial charge in [-0.05, 0) is 37.7 Å². The van der Waals surface area contributed by atoms with Crippen LogP contribution in [0.25, 0.3) is 0 Å². The van der Waals surface area contributed by atoms with Crippen molar-refractivity contribution in [3.63, 3.8) is 0 Å². The van der Waals surface area contributed by atoms with E-state index < -0.39 is 11.5 Å². The van der Waals surface area contributed by atoms with Crippen molar-refractivity contribution in [3.05, 3.63) is 35.9 Å². The van der Waals surface area contributed by atoms with Crippen molar-refractivity contribution in [2.24, 2.45) is 5.41 Å². The summed E-state index contributed by atoms with van der Waals surface area (Å²) in [5.74, 6) is -0.0711. The highest BCUT2D eigenvalue weighted by Crippen LogP contribution is 2.35. The van der Waals surface area contributed by atoms with Crippen LogP contribution >= 0.6 is 0 Å². The van der Waals surface area contributed by atoms with Crippen LogP contribution in [0.2, 0.25) is 0 Å². The summed E-state index contributed by atoms with van der Waals surface area (Å²) in [7, 11) is 0. The fourth-order valence-corrected chi connectivity index (χ4v) is 3.45. The number of benzene rings is 1. The first kappa shape index (κ1) is 16.0. The van der Waals surface area contributed by atoms with Gasteiger partial charge >= 0.3 is 0 Å². The Balaban J connectivity index is 1.74. The van der Waals surface area contributed by atoms with E-state index in [0.29, 0.717) is 39.0 Å². The van der Waals surface area contributed by atoms with Gasteiger partial charge in [-0.15, -0.1) is 0 Å². The molecule has 0 aliphatic carbocycles. The summed E-state index contributed by atoms with van der Waals surface area (Å²) in [6.07, 6.45) is 3.71. The summed E-state index contributed by atoms with van der Waals surface area (Å²) < 4.78 is 5.46. The minimum absolute atomic E-state index is 0.00768. The zero-order valence-corrected chi connectivity index (χ0v) is 13.3. The van der Waals surface area contributed by atoms with Gasteiger partial charge in [0.1, 0.15) is 6.04 Å². The fraction of sp³-hybridized carbons (Fsp3) is 0.556. The van der Waals surface area contributed by atoms with Crippen LogP contribution in [-0.4, -0.2) is 37.6 Å². The Morgan fingerprint density at radius 1 is 1.26 bits per heavy atom. The lowest BCUT2D eigenvalue weighted by atomic mass is 9.74. The van der Waals surface area contributed by atoms with Gasteiger partial charge in [0, 0.05) is 19.8 Å². The number of ether oxygens (including phenoxy) is 1. The number of amides is 2. The molecule has 3 rings (SSSR count). The van der Waals surface area contributed by atoms with Crippen molar-refractivity contribution in [1.29, 1.82) is 0 Å². The summed E-state index contributed by atoms with van der Waals surface area (Å²) in [6.45, 7) is 1.89. The zero-order chi connectivity index (χ0) is 16.1. The maximum atomic E-state index is 13.0. The van der Waals surface area contributed by atoms with Crippen LogP contribution in [0, 0.1) is 5.41 Å². The molecule has 23 heavy (non-hydrogen) atoms. The third-order valence-corrected chi connectivity index (χ3v) is 4.91. The Bertz CT molecular complexity index is 553. The molecule has 1 aromatic rings. The van der Waals surface area contributed by atoms with Gasteiger partial charge in [0.05, 0.1) is 5.41 Å². The van der Waals surface area contributed by atoms with E-state index in [0.717, 1.165) is 18.4 Å². The molecule has 2 heterocycles. The number of piperidine rings is 1. The monoisotopic (exact) mass is 316 g/mol. The van der Waals surface area contributed by atoms with Crippen molar-refractivity contribution < 1.29 is 14.3 Å². The third kappa shape index (κ3) is 3.72. The van der Waals surface area contributed by atoms with E-state index in [-0.39, 0.29) is 11.8 Å². The molecule has 2 fully saturated rings. The zero-order valence-electron chi connectivity index (χ0n) is 13.3. The highest BCUT2D eigenvalue weighted by atomic mass is 16.5.